The van der Waals surface area contributed by atoms with Crippen LogP contribution in [0.3, 0.4) is 0 Å². The first-order valence-electron chi connectivity index (χ1n) is 9.38. The maximum atomic E-state index is 12.3. The third-order valence-corrected chi connectivity index (χ3v) is 5.11. The Hall–Kier alpha value is -2.86. The maximum Gasteiger partial charge on any atom is 0.266 e. The van der Waals surface area contributed by atoms with Crippen LogP contribution in [-0.4, -0.2) is 37.7 Å². The van der Waals surface area contributed by atoms with Crippen LogP contribution in [0.15, 0.2) is 66.0 Å². The molecule has 0 aromatic carbocycles. The number of piperidine rings is 1. The maximum absolute atomic E-state index is 12.3. The Bertz CT molecular complexity index is 918. The minimum Gasteiger partial charge on any atom is -0.299 e. The highest BCUT2D eigenvalue weighted by molar-refractivity contribution is 5.56. The van der Waals surface area contributed by atoms with E-state index >= 15 is 0 Å². The molecular formula is C21H23N5O. The molecule has 3 aromatic heterocycles. The van der Waals surface area contributed by atoms with E-state index in [1.54, 1.807) is 35.4 Å². The van der Waals surface area contributed by atoms with Gasteiger partial charge in [0.25, 0.3) is 5.56 Å². The molecule has 0 aliphatic carbocycles. The van der Waals surface area contributed by atoms with E-state index in [0.717, 1.165) is 43.7 Å². The van der Waals surface area contributed by atoms with Crippen LogP contribution in [0.2, 0.25) is 0 Å². The van der Waals surface area contributed by atoms with Crippen molar-refractivity contribution in [3.63, 3.8) is 0 Å². The molecule has 4 heterocycles. The van der Waals surface area contributed by atoms with Crippen molar-refractivity contribution in [1.29, 1.82) is 0 Å². The highest BCUT2D eigenvalue weighted by atomic mass is 16.1. The van der Waals surface area contributed by atoms with Gasteiger partial charge in [-0.1, -0.05) is 6.07 Å². The minimum absolute atomic E-state index is 0.0365. The predicted molar refractivity (Wildman–Crippen MR) is 104 cm³/mol. The van der Waals surface area contributed by atoms with Crippen LogP contribution in [0, 0.1) is 5.92 Å². The van der Waals surface area contributed by atoms with Crippen molar-refractivity contribution in [2.24, 2.45) is 5.92 Å². The molecule has 1 aliphatic heterocycles. The molecule has 4 rings (SSSR count). The Labute approximate surface area is 158 Å². The number of hydrogen-bond donors (Lipinski definition) is 0. The van der Waals surface area contributed by atoms with Crippen molar-refractivity contribution in [2.75, 3.05) is 13.1 Å². The molecule has 138 valence electrons. The van der Waals surface area contributed by atoms with Crippen molar-refractivity contribution in [1.82, 2.24) is 24.6 Å². The fourth-order valence-electron chi connectivity index (χ4n) is 3.58. The lowest BCUT2D eigenvalue weighted by molar-refractivity contribution is 0.163. The van der Waals surface area contributed by atoms with E-state index < -0.39 is 0 Å². The number of nitrogens with zero attached hydrogens (tertiary/aromatic N) is 5. The SMILES string of the molecule is O=c1ccc(-c2ccncc2)nn1CC1CCN(Cc2cccnc2)CC1. The average Bonchev–Trinajstić information content (AvgIpc) is 2.72. The fraction of sp³-hybridized carbons (Fsp3) is 0.333. The number of hydrogen-bond acceptors (Lipinski definition) is 5. The van der Waals surface area contributed by atoms with E-state index in [1.165, 1.54) is 5.56 Å². The molecule has 3 aromatic rings. The van der Waals surface area contributed by atoms with Gasteiger partial charge in [0.05, 0.1) is 5.69 Å². The Balaban J connectivity index is 1.38. The molecule has 0 saturated carbocycles. The first-order chi connectivity index (χ1) is 13.3. The van der Waals surface area contributed by atoms with Crippen molar-refractivity contribution < 1.29 is 0 Å². The van der Waals surface area contributed by atoms with Gasteiger partial charge in [-0.15, -0.1) is 0 Å². The van der Waals surface area contributed by atoms with Crippen LogP contribution < -0.4 is 5.56 Å². The predicted octanol–water partition coefficient (Wildman–Crippen LogP) is 2.61. The van der Waals surface area contributed by atoms with E-state index in [2.05, 4.69) is 26.0 Å². The van der Waals surface area contributed by atoms with Gasteiger partial charge in [-0.2, -0.15) is 5.10 Å². The van der Waals surface area contributed by atoms with Gasteiger partial charge < -0.3 is 0 Å². The van der Waals surface area contributed by atoms with Gasteiger partial charge in [0.15, 0.2) is 0 Å². The second-order valence-corrected chi connectivity index (χ2v) is 7.06. The molecule has 0 unspecified atom stereocenters. The average molecular weight is 361 g/mol. The first-order valence-corrected chi connectivity index (χ1v) is 9.38. The third kappa shape index (κ3) is 4.46. The Kier molecular flexibility index (Phi) is 5.34. The summed E-state index contributed by atoms with van der Waals surface area (Å²) >= 11 is 0. The molecule has 0 amide bonds. The van der Waals surface area contributed by atoms with Crippen molar-refractivity contribution >= 4 is 0 Å². The van der Waals surface area contributed by atoms with Crippen molar-refractivity contribution in [2.45, 2.75) is 25.9 Å². The van der Waals surface area contributed by atoms with Crippen molar-refractivity contribution in [3.05, 3.63) is 77.1 Å². The van der Waals surface area contributed by atoms with Gasteiger partial charge in [-0.25, -0.2) is 4.68 Å². The lowest BCUT2D eigenvalue weighted by Gasteiger charge is -2.31. The molecule has 0 atom stereocenters. The zero-order valence-electron chi connectivity index (χ0n) is 15.2. The van der Waals surface area contributed by atoms with Crippen LogP contribution in [-0.2, 0) is 13.1 Å². The van der Waals surface area contributed by atoms with Crippen LogP contribution in [0.1, 0.15) is 18.4 Å². The quantitative estimate of drug-likeness (QED) is 0.699. The van der Waals surface area contributed by atoms with Gasteiger partial charge >= 0.3 is 0 Å². The summed E-state index contributed by atoms with van der Waals surface area (Å²) in [6.45, 7) is 3.70. The number of likely N-dealkylation sites (tertiary alicyclic amines) is 1. The van der Waals surface area contributed by atoms with Crippen LogP contribution in [0.25, 0.3) is 11.3 Å². The lowest BCUT2D eigenvalue weighted by Crippen LogP contribution is -2.36. The smallest absolute Gasteiger partial charge is 0.266 e. The molecule has 1 fully saturated rings. The molecule has 0 N–H and O–H groups in total. The zero-order valence-corrected chi connectivity index (χ0v) is 15.2. The van der Waals surface area contributed by atoms with Crippen molar-refractivity contribution in [3.8, 4) is 11.3 Å². The minimum atomic E-state index is -0.0365. The highest BCUT2D eigenvalue weighted by Gasteiger charge is 2.20. The number of aromatic nitrogens is 4. The van der Waals surface area contributed by atoms with E-state index in [0.29, 0.717) is 12.5 Å². The van der Waals surface area contributed by atoms with E-state index in [4.69, 9.17) is 0 Å². The monoisotopic (exact) mass is 361 g/mol. The van der Waals surface area contributed by atoms with E-state index in [1.807, 2.05) is 24.4 Å². The van der Waals surface area contributed by atoms with Crippen LogP contribution in [0.5, 0.6) is 0 Å². The number of rotatable bonds is 5. The molecule has 0 radical (unpaired) electrons. The summed E-state index contributed by atoms with van der Waals surface area (Å²) in [5.41, 5.74) is 3.00. The second kappa shape index (κ2) is 8.22. The Morgan fingerprint density at radius 2 is 1.78 bits per heavy atom. The summed E-state index contributed by atoms with van der Waals surface area (Å²) in [5.74, 6) is 0.480. The Morgan fingerprint density at radius 3 is 2.52 bits per heavy atom. The van der Waals surface area contributed by atoms with Gasteiger partial charge in [-0.05, 0) is 61.7 Å². The molecule has 0 spiro atoms. The van der Waals surface area contributed by atoms with E-state index in [-0.39, 0.29) is 5.56 Å². The first kappa shape index (κ1) is 17.5. The van der Waals surface area contributed by atoms with Gasteiger partial charge in [-0.3, -0.25) is 19.7 Å². The molecule has 0 bridgehead atoms. The summed E-state index contributed by atoms with van der Waals surface area (Å²) in [5, 5.41) is 4.58. The molecule has 1 saturated heterocycles. The largest absolute Gasteiger partial charge is 0.299 e. The summed E-state index contributed by atoms with van der Waals surface area (Å²) in [6.07, 6.45) is 9.37. The molecule has 6 heteroatoms. The Morgan fingerprint density at radius 1 is 0.963 bits per heavy atom. The van der Waals surface area contributed by atoms with Gasteiger partial charge in [0, 0.05) is 49.5 Å². The molecular weight excluding hydrogens is 338 g/mol. The summed E-state index contributed by atoms with van der Waals surface area (Å²) in [4.78, 5) is 22.9. The normalized spacial score (nSPS) is 15.7. The zero-order chi connectivity index (χ0) is 18.5. The van der Waals surface area contributed by atoms with Crippen LogP contribution in [0.4, 0.5) is 0 Å². The number of pyridine rings is 2. The van der Waals surface area contributed by atoms with E-state index in [9.17, 15) is 4.79 Å². The summed E-state index contributed by atoms with van der Waals surface area (Å²) in [6, 6.07) is 11.3. The van der Waals surface area contributed by atoms with Gasteiger partial charge in [0.1, 0.15) is 0 Å². The fourth-order valence-corrected chi connectivity index (χ4v) is 3.58. The highest BCUT2D eigenvalue weighted by Crippen LogP contribution is 2.20. The third-order valence-electron chi connectivity index (χ3n) is 5.11. The molecule has 6 nitrogen and oxygen atoms in total. The lowest BCUT2D eigenvalue weighted by atomic mass is 9.96. The summed E-state index contributed by atoms with van der Waals surface area (Å²) < 4.78 is 1.62. The topological polar surface area (TPSA) is 63.9 Å². The standard InChI is InChI=1S/C21H23N5O/c27-21-4-3-20(19-5-10-22-11-6-19)24-26(21)16-17-7-12-25(13-8-17)15-18-2-1-9-23-14-18/h1-6,9-11,14,17H,7-8,12-13,15-16H2. The van der Waals surface area contributed by atoms with Gasteiger partial charge in [0.2, 0.25) is 0 Å². The molecule has 27 heavy (non-hydrogen) atoms. The second-order valence-electron chi connectivity index (χ2n) is 7.06. The molecule has 1 aliphatic rings. The summed E-state index contributed by atoms with van der Waals surface area (Å²) in [7, 11) is 0. The van der Waals surface area contributed by atoms with Crippen LogP contribution >= 0.6 is 0 Å².